The quantitative estimate of drug-likeness (QED) is 0.786. The van der Waals surface area contributed by atoms with E-state index in [4.69, 9.17) is 31.5 Å². The summed E-state index contributed by atoms with van der Waals surface area (Å²) in [6.07, 6.45) is 0. The van der Waals surface area contributed by atoms with E-state index in [1.54, 1.807) is 30.3 Å². The second-order valence-electron chi connectivity index (χ2n) is 4.89. The highest BCUT2D eigenvalue weighted by molar-refractivity contribution is 6.34. The molecule has 7 nitrogen and oxygen atoms in total. The molecule has 0 spiro atoms. The van der Waals surface area contributed by atoms with Crippen LogP contribution in [0.3, 0.4) is 0 Å². The van der Waals surface area contributed by atoms with Crippen molar-refractivity contribution in [3.05, 3.63) is 47.0 Å². The molecule has 0 aromatic heterocycles. The highest BCUT2D eigenvalue weighted by Crippen LogP contribution is 2.36. The third kappa shape index (κ3) is 4.54. The smallest absolute Gasteiger partial charge is 0.259 e. The van der Waals surface area contributed by atoms with Crippen LogP contribution in [0.1, 0.15) is 10.4 Å². The molecule has 0 aliphatic rings. The minimum atomic E-state index is -0.641. The van der Waals surface area contributed by atoms with Gasteiger partial charge in [0.15, 0.2) is 18.1 Å². The molecule has 0 bridgehead atoms. The summed E-state index contributed by atoms with van der Waals surface area (Å²) in [4.78, 5) is 23.4. The van der Waals surface area contributed by atoms with Crippen molar-refractivity contribution in [3.63, 3.8) is 0 Å². The minimum absolute atomic E-state index is 0.231. The first kappa shape index (κ1) is 18.4. The molecule has 0 saturated heterocycles. The van der Waals surface area contributed by atoms with Gasteiger partial charge in [0.05, 0.1) is 30.5 Å². The Morgan fingerprint density at radius 3 is 2.36 bits per heavy atom. The Hall–Kier alpha value is -2.93. The fraction of sp³-hybridized carbons (Fsp3) is 0.176. The lowest BCUT2D eigenvalue weighted by molar-refractivity contribution is -0.119. The van der Waals surface area contributed by atoms with Crippen molar-refractivity contribution in [3.8, 4) is 17.2 Å². The number of halogens is 1. The van der Waals surface area contributed by atoms with Gasteiger partial charge >= 0.3 is 0 Å². The van der Waals surface area contributed by atoms with Crippen molar-refractivity contribution in [1.82, 2.24) is 0 Å². The van der Waals surface area contributed by atoms with Crippen LogP contribution in [-0.2, 0) is 4.79 Å². The number of ether oxygens (including phenoxy) is 3. The molecule has 0 aliphatic heterocycles. The molecule has 132 valence electrons. The Balaban J connectivity index is 2.27. The molecule has 3 N–H and O–H groups in total. The summed E-state index contributed by atoms with van der Waals surface area (Å²) in [5.41, 5.74) is 5.63. The molecule has 0 atom stereocenters. The van der Waals surface area contributed by atoms with Crippen molar-refractivity contribution in [2.45, 2.75) is 0 Å². The number of anilines is 1. The van der Waals surface area contributed by atoms with E-state index < -0.39 is 11.8 Å². The largest absolute Gasteiger partial charge is 0.493 e. The second kappa shape index (κ2) is 8.25. The van der Waals surface area contributed by atoms with Gasteiger partial charge in [-0.15, -0.1) is 0 Å². The maximum atomic E-state index is 12.5. The lowest BCUT2D eigenvalue weighted by Crippen LogP contribution is -2.21. The number of nitrogens with two attached hydrogens (primary N) is 1. The zero-order chi connectivity index (χ0) is 18.4. The number of primary amides is 1. The number of amides is 2. The molecule has 25 heavy (non-hydrogen) atoms. The van der Waals surface area contributed by atoms with Gasteiger partial charge < -0.3 is 25.3 Å². The van der Waals surface area contributed by atoms with E-state index in [1.165, 1.54) is 20.3 Å². The molecule has 2 aromatic carbocycles. The third-order valence-electron chi connectivity index (χ3n) is 3.22. The highest BCUT2D eigenvalue weighted by atomic mass is 35.5. The Bertz CT molecular complexity index is 795. The first-order chi connectivity index (χ1) is 12.0. The number of carbonyl (C=O) groups is 2. The SMILES string of the molecule is COc1cc(Cl)c(NC(=O)c2ccccc2OCC(N)=O)cc1OC. The normalized spacial score (nSPS) is 10.0. The molecular weight excluding hydrogens is 348 g/mol. The highest BCUT2D eigenvalue weighted by Gasteiger charge is 2.16. The maximum Gasteiger partial charge on any atom is 0.259 e. The number of benzene rings is 2. The molecule has 0 aliphatic carbocycles. The van der Waals surface area contributed by atoms with Crippen LogP contribution in [0.2, 0.25) is 5.02 Å². The number of para-hydroxylation sites is 1. The summed E-state index contributed by atoms with van der Waals surface area (Å²) in [6.45, 7) is -0.332. The monoisotopic (exact) mass is 364 g/mol. The Kier molecular flexibility index (Phi) is 6.08. The summed E-state index contributed by atoms with van der Waals surface area (Å²) in [7, 11) is 2.96. The Morgan fingerprint density at radius 2 is 1.72 bits per heavy atom. The van der Waals surface area contributed by atoms with E-state index in [2.05, 4.69) is 5.32 Å². The molecule has 2 aromatic rings. The summed E-state index contributed by atoms with van der Waals surface area (Å²) in [6, 6.07) is 9.55. The fourth-order valence-electron chi connectivity index (χ4n) is 2.07. The van der Waals surface area contributed by atoms with Crippen LogP contribution >= 0.6 is 11.6 Å². The fourth-order valence-corrected chi connectivity index (χ4v) is 2.27. The predicted molar refractivity (Wildman–Crippen MR) is 93.6 cm³/mol. The van der Waals surface area contributed by atoms with E-state index in [0.29, 0.717) is 17.2 Å². The number of hydrogen-bond acceptors (Lipinski definition) is 5. The summed E-state index contributed by atoms with van der Waals surface area (Å²) in [5, 5.41) is 2.96. The molecule has 0 fully saturated rings. The van der Waals surface area contributed by atoms with Gasteiger partial charge in [-0.05, 0) is 12.1 Å². The van der Waals surface area contributed by atoms with Crippen LogP contribution in [0.15, 0.2) is 36.4 Å². The van der Waals surface area contributed by atoms with Gasteiger partial charge in [-0.2, -0.15) is 0 Å². The van der Waals surface area contributed by atoms with Crippen LogP contribution in [0.4, 0.5) is 5.69 Å². The second-order valence-corrected chi connectivity index (χ2v) is 5.30. The van der Waals surface area contributed by atoms with Crippen molar-refractivity contribution in [2.75, 3.05) is 26.1 Å². The molecule has 2 amide bonds. The number of carbonyl (C=O) groups excluding carboxylic acids is 2. The molecule has 8 heteroatoms. The number of nitrogens with one attached hydrogen (secondary N) is 1. The lowest BCUT2D eigenvalue weighted by Gasteiger charge is -2.14. The number of hydrogen-bond donors (Lipinski definition) is 2. The molecular formula is C17H17ClN2O5. The summed E-state index contributed by atoms with van der Waals surface area (Å²) >= 11 is 6.17. The van der Waals surface area contributed by atoms with Gasteiger partial charge in [-0.1, -0.05) is 23.7 Å². The minimum Gasteiger partial charge on any atom is -0.493 e. The molecule has 0 saturated carbocycles. The van der Waals surface area contributed by atoms with Crippen molar-refractivity contribution < 1.29 is 23.8 Å². The van der Waals surface area contributed by atoms with Gasteiger partial charge in [-0.3, -0.25) is 9.59 Å². The van der Waals surface area contributed by atoms with Crippen molar-refractivity contribution >= 4 is 29.1 Å². The zero-order valence-electron chi connectivity index (χ0n) is 13.7. The van der Waals surface area contributed by atoms with Gasteiger partial charge in [-0.25, -0.2) is 0 Å². The third-order valence-corrected chi connectivity index (χ3v) is 3.54. The summed E-state index contributed by atoms with van der Waals surface area (Å²) in [5.74, 6) is -0.0149. The van der Waals surface area contributed by atoms with E-state index in [-0.39, 0.29) is 22.9 Å². The average molecular weight is 365 g/mol. The standard InChI is InChI=1S/C17H17ClN2O5/c1-23-14-7-11(18)12(8-15(14)24-2)20-17(22)10-5-3-4-6-13(10)25-9-16(19)21/h3-8H,9H2,1-2H3,(H2,19,21)(H,20,22). The first-order valence-electron chi connectivity index (χ1n) is 7.19. The lowest BCUT2D eigenvalue weighted by atomic mass is 10.1. The first-order valence-corrected chi connectivity index (χ1v) is 7.57. The predicted octanol–water partition coefficient (Wildman–Crippen LogP) is 2.47. The average Bonchev–Trinajstić information content (AvgIpc) is 2.61. The van der Waals surface area contributed by atoms with Crippen LogP contribution in [-0.4, -0.2) is 32.6 Å². The van der Waals surface area contributed by atoms with Gasteiger partial charge in [0.1, 0.15) is 5.75 Å². The summed E-state index contributed by atoms with van der Waals surface area (Å²) < 4.78 is 15.6. The topological polar surface area (TPSA) is 99.9 Å². The molecule has 0 heterocycles. The Labute approximate surface area is 149 Å². The van der Waals surface area contributed by atoms with Crippen LogP contribution in [0, 0.1) is 0 Å². The van der Waals surface area contributed by atoms with Gasteiger partial charge in [0.2, 0.25) is 0 Å². The molecule has 2 rings (SSSR count). The van der Waals surface area contributed by atoms with Crippen molar-refractivity contribution in [2.24, 2.45) is 5.73 Å². The van der Waals surface area contributed by atoms with E-state index in [1.807, 2.05) is 0 Å². The van der Waals surface area contributed by atoms with E-state index >= 15 is 0 Å². The van der Waals surface area contributed by atoms with Crippen LogP contribution < -0.4 is 25.3 Å². The number of methoxy groups -OCH3 is 2. The van der Waals surface area contributed by atoms with Crippen LogP contribution in [0.25, 0.3) is 0 Å². The van der Waals surface area contributed by atoms with Crippen LogP contribution in [0.5, 0.6) is 17.2 Å². The van der Waals surface area contributed by atoms with Gasteiger partial charge in [0, 0.05) is 12.1 Å². The number of rotatable bonds is 7. The molecule has 0 unspecified atom stereocenters. The van der Waals surface area contributed by atoms with Crippen molar-refractivity contribution in [1.29, 1.82) is 0 Å². The van der Waals surface area contributed by atoms with E-state index in [0.717, 1.165) is 0 Å². The zero-order valence-corrected chi connectivity index (χ0v) is 14.4. The molecule has 0 radical (unpaired) electrons. The Morgan fingerprint density at radius 1 is 1.08 bits per heavy atom. The van der Waals surface area contributed by atoms with E-state index in [9.17, 15) is 9.59 Å². The maximum absolute atomic E-state index is 12.5. The van der Waals surface area contributed by atoms with Gasteiger partial charge in [0.25, 0.3) is 11.8 Å².